The number of para-hydroxylation sites is 1. The number of aliphatic hydroxyl groups is 1. The molecule has 2 rings (SSSR count). The maximum absolute atomic E-state index is 9.76. The van der Waals surface area contributed by atoms with Gasteiger partial charge in [0.05, 0.1) is 12.9 Å². The van der Waals surface area contributed by atoms with Gasteiger partial charge < -0.3 is 14.3 Å². The van der Waals surface area contributed by atoms with Crippen LogP contribution in [0.5, 0.6) is 5.75 Å². The van der Waals surface area contributed by atoms with E-state index in [1.807, 2.05) is 30.3 Å². The SMILES string of the molecule is OC(CCCOc1ccccc1)c1ccco1. The van der Waals surface area contributed by atoms with Crippen LogP contribution in [0.25, 0.3) is 0 Å². The maximum Gasteiger partial charge on any atom is 0.132 e. The van der Waals surface area contributed by atoms with Crippen LogP contribution in [0.4, 0.5) is 0 Å². The number of hydrogen-bond donors (Lipinski definition) is 1. The summed E-state index contributed by atoms with van der Waals surface area (Å²) in [6.45, 7) is 0.599. The van der Waals surface area contributed by atoms with Crippen LogP contribution in [0, 0.1) is 0 Å². The molecular formula is C14H16O3. The van der Waals surface area contributed by atoms with Crippen molar-refractivity contribution in [2.24, 2.45) is 0 Å². The fourth-order valence-corrected chi connectivity index (χ4v) is 1.61. The van der Waals surface area contributed by atoms with Crippen molar-refractivity contribution in [3.05, 3.63) is 54.5 Å². The highest BCUT2D eigenvalue weighted by atomic mass is 16.5. The van der Waals surface area contributed by atoms with E-state index in [-0.39, 0.29) is 0 Å². The fourth-order valence-electron chi connectivity index (χ4n) is 1.61. The molecule has 0 aliphatic rings. The van der Waals surface area contributed by atoms with Gasteiger partial charge in [-0.25, -0.2) is 0 Å². The van der Waals surface area contributed by atoms with E-state index in [1.54, 1.807) is 18.4 Å². The van der Waals surface area contributed by atoms with E-state index in [1.165, 1.54) is 0 Å². The van der Waals surface area contributed by atoms with Gasteiger partial charge >= 0.3 is 0 Å². The summed E-state index contributed by atoms with van der Waals surface area (Å²) in [6, 6.07) is 13.2. The lowest BCUT2D eigenvalue weighted by molar-refractivity contribution is 0.130. The van der Waals surface area contributed by atoms with E-state index in [2.05, 4.69) is 0 Å². The van der Waals surface area contributed by atoms with Gasteiger partial charge in [-0.15, -0.1) is 0 Å². The van der Waals surface area contributed by atoms with Crippen LogP contribution in [0.2, 0.25) is 0 Å². The first-order chi connectivity index (χ1) is 8.36. The zero-order valence-electron chi connectivity index (χ0n) is 9.58. The second-order valence-electron chi connectivity index (χ2n) is 3.83. The topological polar surface area (TPSA) is 42.6 Å². The Labute approximate surface area is 101 Å². The zero-order valence-corrected chi connectivity index (χ0v) is 9.58. The van der Waals surface area contributed by atoms with Gasteiger partial charge in [0.15, 0.2) is 0 Å². The van der Waals surface area contributed by atoms with Crippen molar-refractivity contribution in [3.8, 4) is 5.75 Å². The van der Waals surface area contributed by atoms with Crippen molar-refractivity contribution < 1.29 is 14.3 Å². The molecule has 0 bridgehead atoms. The highest BCUT2D eigenvalue weighted by molar-refractivity contribution is 5.20. The van der Waals surface area contributed by atoms with Crippen LogP contribution in [-0.2, 0) is 0 Å². The van der Waals surface area contributed by atoms with Gasteiger partial charge in [-0.05, 0) is 37.1 Å². The number of furan rings is 1. The van der Waals surface area contributed by atoms with Crippen molar-refractivity contribution in [1.82, 2.24) is 0 Å². The predicted molar refractivity (Wildman–Crippen MR) is 64.8 cm³/mol. The molecule has 1 aromatic heterocycles. The standard InChI is InChI=1S/C14H16O3/c15-13(14-9-5-11-17-14)8-4-10-16-12-6-2-1-3-7-12/h1-3,5-7,9,11,13,15H,4,8,10H2. The molecule has 0 radical (unpaired) electrons. The molecule has 1 aromatic carbocycles. The summed E-state index contributed by atoms with van der Waals surface area (Å²) in [7, 11) is 0. The Bertz CT molecular complexity index is 408. The third-order valence-electron chi connectivity index (χ3n) is 2.51. The van der Waals surface area contributed by atoms with E-state index >= 15 is 0 Å². The Morgan fingerprint density at radius 2 is 1.94 bits per heavy atom. The van der Waals surface area contributed by atoms with Gasteiger partial charge in [-0.2, -0.15) is 0 Å². The van der Waals surface area contributed by atoms with Gasteiger partial charge in [-0.3, -0.25) is 0 Å². The first-order valence-corrected chi connectivity index (χ1v) is 5.75. The monoisotopic (exact) mass is 232 g/mol. The van der Waals surface area contributed by atoms with Crippen LogP contribution in [0.15, 0.2) is 53.1 Å². The minimum Gasteiger partial charge on any atom is -0.494 e. The molecule has 0 amide bonds. The van der Waals surface area contributed by atoms with Gasteiger partial charge in [0.2, 0.25) is 0 Å². The Balaban J connectivity index is 1.67. The van der Waals surface area contributed by atoms with Crippen LogP contribution in [-0.4, -0.2) is 11.7 Å². The van der Waals surface area contributed by atoms with Crippen LogP contribution in [0.1, 0.15) is 24.7 Å². The first kappa shape index (κ1) is 11.7. The molecule has 90 valence electrons. The lowest BCUT2D eigenvalue weighted by atomic mass is 10.1. The number of ether oxygens (including phenoxy) is 1. The second-order valence-corrected chi connectivity index (χ2v) is 3.83. The van der Waals surface area contributed by atoms with Gasteiger partial charge in [0, 0.05) is 0 Å². The van der Waals surface area contributed by atoms with E-state index in [0.29, 0.717) is 18.8 Å². The van der Waals surface area contributed by atoms with E-state index in [0.717, 1.165) is 12.2 Å². The van der Waals surface area contributed by atoms with E-state index in [4.69, 9.17) is 9.15 Å². The van der Waals surface area contributed by atoms with Crippen LogP contribution >= 0.6 is 0 Å². The quantitative estimate of drug-likeness (QED) is 0.778. The Morgan fingerprint density at radius 3 is 2.65 bits per heavy atom. The normalized spacial score (nSPS) is 12.3. The Morgan fingerprint density at radius 1 is 1.12 bits per heavy atom. The molecule has 0 saturated heterocycles. The smallest absolute Gasteiger partial charge is 0.132 e. The average Bonchev–Trinajstić information content (AvgIpc) is 2.89. The molecule has 1 unspecified atom stereocenters. The molecule has 2 aromatic rings. The predicted octanol–water partition coefficient (Wildman–Crippen LogP) is 3.17. The van der Waals surface area contributed by atoms with Crippen LogP contribution in [0.3, 0.4) is 0 Å². The van der Waals surface area contributed by atoms with Gasteiger partial charge in [-0.1, -0.05) is 18.2 Å². The number of hydrogen-bond acceptors (Lipinski definition) is 3. The molecule has 1 atom stereocenters. The summed E-state index contributed by atoms with van der Waals surface area (Å²) in [5.41, 5.74) is 0. The third kappa shape index (κ3) is 3.64. The summed E-state index contributed by atoms with van der Waals surface area (Å²) in [5, 5.41) is 9.76. The van der Waals surface area contributed by atoms with Crippen molar-refractivity contribution >= 4 is 0 Å². The van der Waals surface area contributed by atoms with Crippen molar-refractivity contribution in [2.45, 2.75) is 18.9 Å². The minimum absolute atomic E-state index is 0.538. The summed E-state index contributed by atoms with van der Waals surface area (Å²) in [5.74, 6) is 1.48. The molecule has 1 heterocycles. The van der Waals surface area contributed by atoms with Gasteiger partial charge in [0.1, 0.15) is 17.6 Å². The maximum atomic E-state index is 9.76. The largest absolute Gasteiger partial charge is 0.494 e. The summed E-state index contributed by atoms with van der Waals surface area (Å²) >= 11 is 0. The van der Waals surface area contributed by atoms with E-state index in [9.17, 15) is 5.11 Å². The molecule has 0 aliphatic heterocycles. The summed E-state index contributed by atoms with van der Waals surface area (Å²) in [6.07, 6.45) is 2.46. The number of aliphatic hydroxyl groups excluding tert-OH is 1. The molecule has 0 aliphatic carbocycles. The average molecular weight is 232 g/mol. The molecule has 17 heavy (non-hydrogen) atoms. The van der Waals surface area contributed by atoms with Gasteiger partial charge in [0.25, 0.3) is 0 Å². The molecule has 0 fully saturated rings. The highest BCUT2D eigenvalue weighted by Crippen LogP contribution is 2.18. The van der Waals surface area contributed by atoms with E-state index < -0.39 is 6.10 Å². The highest BCUT2D eigenvalue weighted by Gasteiger charge is 2.09. The van der Waals surface area contributed by atoms with Crippen LogP contribution < -0.4 is 4.74 Å². The van der Waals surface area contributed by atoms with Crippen molar-refractivity contribution in [3.63, 3.8) is 0 Å². The lowest BCUT2D eigenvalue weighted by Crippen LogP contribution is -2.01. The number of rotatable bonds is 6. The first-order valence-electron chi connectivity index (χ1n) is 5.75. The molecular weight excluding hydrogens is 216 g/mol. The molecule has 3 heteroatoms. The minimum atomic E-state index is -0.538. The summed E-state index contributed by atoms with van der Waals surface area (Å²) < 4.78 is 10.7. The Kier molecular flexibility index (Phi) is 4.22. The molecule has 0 spiro atoms. The number of benzene rings is 1. The molecule has 3 nitrogen and oxygen atoms in total. The molecule has 0 saturated carbocycles. The third-order valence-corrected chi connectivity index (χ3v) is 2.51. The zero-order chi connectivity index (χ0) is 11.9. The van der Waals surface area contributed by atoms with Crippen molar-refractivity contribution in [1.29, 1.82) is 0 Å². The second kappa shape index (κ2) is 6.11. The fraction of sp³-hybridized carbons (Fsp3) is 0.286. The molecule has 1 N–H and O–H groups in total. The lowest BCUT2D eigenvalue weighted by Gasteiger charge is -2.08. The van der Waals surface area contributed by atoms with Crippen molar-refractivity contribution in [2.75, 3.05) is 6.61 Å². The summed E-state index contributed by atoms with van der Waals surface area (Å²) in [4.78, 5) is 0. The Hall–Kier alpha value is -1.74.